The lowest BCUT2D eigenvalue weighted by atomic mass is 10.1. The predicted octanol–water partition coefficient (Wildman–Crippen LogP) is 4.81. The normalized spacial score (nSPS) is 13.0. The molecule has 0 saturated carbocycles. The van der Waals surface area contributed by atoms with Gasteiger partial charge < -0.3 is 35.2 Å². The Bertz CT molecular complexity index is 1260. The van der Waals surface area contributed by atoms with E-state index in [1.165, 1.54) is 0 Å². The van der Waals surface area contributed by atoms with Gasteiger partial charge in [0.15, 0.2) is 0 Å². The molecule has 0 radical (unpaired) electrons. The van der Waals surface area contributed by atoms with Crippen molar-refractivity contribution in [2.24, 2.45) is 0 Å². The predicted molar refractivity (Wildman–Crippen MR) is 152 cm³/mol. The number of nitrogens with zero attached hydrogens (tertiary/aromatic N) is 2. The van der Waals surface area contributed by atoms with Gasteiger partial charge in [-0.05, 0) is 48.9 Å². The zero-order valence-corrected chi connectivity index (χ0v) is 22.1. The summed E-state index contributed by atoms with van der Waals surface area (Å²) in [6.45, 7) is 5.65. The molecule has 38 heavy (non-hydrogen) atoms. The number of para-hydroxylation sites is 4. The van der Waals surface area contributed by atoms with Crippen molar-refractivity contribution < 1.29 is 19.1 Å². The van der Waals surface area contributed by atoms with Gasteiger partial charge in [0, 0.05) is 44.1 Å². The molecule has 1 fully saturated rings. The molecule has 1 heterocycles. The van der Waals surface area contributed by atoms with Crippen molar-refractivity contribution in [1.29, 1.82) is 0 Å². The second-order valence-corrected chi connectivity index (χ2v) is 8.91. The Hall–Kier alpha value is -4.40. The Morgan fingerprint density at radius 2 is 1.42 bits per heavy atom. The number of carbonyl (C=O) groups excluding carboxylic acids is 2. The highest BCUT2D eigenvalue weighted by Gasteiger charge is 2.24. The Labute approximate surface area is 223 Å². The lowest BCUT2D eigenvalue weighted by Crippen LogP contribution is -2.47. The summed E-state index contributed by atoms with van der Waals surface area (Å²) >= 11 is 0. The topological polar surface area (TPSA) is 95.2 Å². The fourth-order valence-corrected chi connectivity index (χ4v) is 4.52. The van der Waals surface area contributed by atoms with E-state index in [-0.39, 0.29) is 5.91 Å². The highest BCUT2D eigenvalue weighted by atomic mass is 16.5. The van der Waals surface area contributed by atoms with E-state index >= 15 is 0 Å². The highest BCUT2D eigenvalue weighted by Crippen LogP contribution is 2.31. The second kappa shape index (κ2) is 12.7. The monoisotopic (exact) mass is 517 g/mol. The second-order valence-electron chi connectivity index (χ2n) is 8.91. The van der Waals surface area contributed by atoms with Crippen LogP contribution < -0.4 is 35.2 Å². The van der Waals surface area contributed by atoms with Gasteiger partial charge in [-0.25, -0.2) is 4.79 Å². The van der Waals surface area contributed by atoms with E-state index in [0.717, 1.165) is 49.7 Å². The molecular weight excluding hydrogens is 482 g/mol. The van der Waals surface area contributed by atoms with Crippen LogP contribution in [0, 0.1) is 0 Å². The Morgan fingerprint density at radius 3 is 2.11 bits per heavy atom. The summed E-state index contributed by atoms with van der Waals surface area (Å²) in [7, 11) is 3.23. The van der Waals surface area contributed by atoms with Crippen molar-refractivity contribution in [3.63, 3.8) is 0 Å². The van der Waals surface area contributed by atoms with E-state index in [4.69, 9.17) is 9.47 Å². The van der Waals surface area contributed by atoms with Gasteiger partial charge in [0.05, 0.1) is 31.2 Å². The van der Waals surface area contributed by atoms with Crippen molar-refractivity contribution in [3.05, 3.63) is 72.3 Å². The molecule has 3 aromatic carbocycles. The molecular formula is C29H35N5O4. The quantitative estimate of drug-likeness (QED) is 0.377. The molecule has 3 N–H and O–H groups in total. The molecule has 9 heteroatoms. The number of piperazine rings is 1. The van der Waals surface area contributed by atoms with Gasteiger partial charge in [0.2, 0.25) is 0 Å². The molecule has 0 aliphatic carbocycles. The molecule has 0 unspecified atom stereocenters. The Balaban J connectivity index is 1.50. The van der Waals surface area contributed by atoms with Crippen molar-refractivity contribution in [2.45, 2.75) is 13.3 Å². The standard InChI is InChI=1S/C29H35N5O4/c1-4-15-30-28(35)22-20-21(31-29(36)32-23-9-5-7-11-26(23)37-2)13-14-24(22)33-16-18-34(19-17-33)25-10-6-8-12-27(25)38-3/h5-14,20H,4,15-19H2,1-3H3,(H,30,35)(H2,31,32,36). The molecule has 3 aromatic rings. The molecule has 0 atom stereocenters. The van der Waals surface area contributed by atoms with Crippen LogP contribution in [0.4, 0.5) is 27.5 Å². The van der Waals surface area contributed by atoms with Gasteiger partial charge in [-0.2, -0.15) is 0 Å². The third kappa shape index (κ3) is 6.29. The van der Waals surface area contributed by atoms with Crippen LogP contribution in [0.25, 0.3) is 0 Å². The first-order valence-corrected chi connectivity index (χ1v) is 12.8. The fraction of sp³-hybridized carbons (Fsp3) is 0.310. The fourth-order valence-electron chi connectivity index (χ4n) is 4.52. The number of carbonyl (C=O) groups is 2. The van der Waals surface area contributed by atoms with E-state index in [9.17, 15) is 9.59 Å². The average Bonchev–Trinajstić information content (AvgIpc) is 2.96. The number of hydrogen-bond acceptors (Lipinski definition) is 6. The minimum Gasteiger partial charge on any atom is -0.495 e. The summed E-state index contributed by atoms with van der Waals surface area (Å²) in [6, 6.07) is 20.2. The van der Waals surface area contributed by atoms with Crippen LogP contribution in [-0.4, -0.2) is 58.9 Å². The number of methoxy groups -OCH3 is 2. The van der Waals surface area contributed by atoms with Crippen LogP contribution in [0.5, 0.6) is 11.5 Å². The first-order chi connectivity index (χ1) is 18.5. The summed E-state index contributed by atoms with van der Waals surface area (Å²) in [5, 5.41) is 8.61. The Kier molecular flexibility index (Phi) is 8.92. The lowest BCUT2D eigenvalue weighted by molar-refractivity contribution is 0.0954. The molecule has 1 saturated heterocycles. The van der Waals surface area contributed by atoms with E-state index in [1.54, 1.807) is 32.4 Å². The van der Waals surface area contributed by atoms with Gasteiger partial charge in [0.1, 0.15) is 11.5 Å². The van der Waals surface area contributed by atoms with Crippen LogP contribution in [0.3, 0.4) is 0 Å². The maximum atomic E-state index is 13.1. The van der Waals surface area contributed by atoms with Crippen molar-refractivity contribution in [2.75, 3.05) is 67.4 Å². The van der Waals surface area contributed by atoms with E-state index in [2.05, 4.69) is 31.8 Å². The average molecular weight is 518 g/mol. The maximum Gasteiger partial charge on any atom is 0.323 e. The highest BCUT2D eigenvalue weighted by molar-refractivity contribution is 6.04. The molecule has 4 rings (SSSR count). The zero-order valence-electron chi connectivity index (χ0n) is 22.1. The van der Waals surface area contributed by atoms with Gasteiger partial charge >= 0.3 is 6.03 Å². The summed E-state index contributed by atoms with van der Waals surface area (Å²) in [4.78, 5) is 30.4. The molecule has 0 aromatic heterocycles. The number of nitrogens with one attached hydrogen (secondary N) is 3. The largest absolute Gasteiger partial charge is 0.495 e. The van der Waals surface area contributed by atoms with Crippen LogP contribution in [-0.2, 0) is 0 Å². The number of hydrogen-bond donors (Lipinski definition) is 3. The number of rotatable bonds is 9. The SMILES string of the molecule is CCCNC(=O)c1cc(NC(=O)Nc2ccccc2OC)ccc1N1CCN(c2ccccc2OC)CC1. The molecule has 1 aliphatic rings. The van der Waals surface area contributed by atoms with E-state index in [1.807, 2.05) is 49.4 Å². The number of urea groups is 1. The third-order valence-electron chi connectivity index (χ3n) is 6.44. The lowest BCUT2D eigenvalue weighted by Gasteiger charge is -2.38. The minimum atomic E-state index is -0.424. The molecule has 3 amide bonds. The van der Waals surface area contributed by atoms with Gasteiger partial charge in [-0.1, -0.05) is 31.2 Å². The van der Waals surface area contributed by atoms with Crippen LogP contribution in [0.15, 0.2) is 66.7 Å². The maximum absolute atomic E-state index is 13.1. The molecule has 1 aliphatic heterocycles. The summed E-state index contributed by atoms with van der Waals surface area (Å²) in [5.41, 5.74) is 3.51. The molecule has 200 valence electrons. The van der Waals surface area contributed by atoms with Crippen molar-refractivity contribution in [1.82, 2.24) is 5.32 Å². The van der Waals surface area contributed by atoms with Gasteiger partial charge in [0.25, 0.3) is 5.91 Å². The van der Waals surface area contributed by atoms with Crippen LogP contribution in [0.2, 0.25) is 0 Å². The molecule has 9 nitrogen and oxygen atoms in total. The summed E-state index contributed by atoms with van der Waals surface area (Å²) in [6.07, 6.45) is 0.831. The van der Waals surface area contributed by atoms with Crippen molar-refractivity contribution >= 4 is 34.7 Å². The number of ether oxygens (including phenoxy) is 2. The van der Waals surface area contributed by atoms with Gasteiger partial charge in [-0.3, -0.25) is 4.79 Å². The van der Waals surface area contributed by atoms with Crippen molar-refractivity contribution in [3.8, 4) is 11.5 Å². The Morgan fingerprint density at radius 1 is 0.789 bits per heavy atom. The minimum absolute atomic E-state index is 0.164. The summed E-state index contributed by atoms with van der Waals surface area (Å²) in [5.74, 6) is 1.25. The van der Waals surface area contributed by atoms with Crippen LogP contribution >= 0.6 is 0 Å². The molecule has 0 bridgehead atoms. The zero-order chi connectivity index (χ0) is 26.9. The molecule has 0 spiro atoms. The smallest absolute Gasteiger partial charge is 0.323 e. The number of anilines is 4. The number of amides is 3. The van der Waals surface area contributed by atoms with E-state index in [0.29, 0.717) is 29.2 Å². The van der Waals surface area contributed by atoms with Crippen LogP contribution in [0.1, 0.15) is 23.7 Å². The van der Waals surface area contributed by atoms with Gasteiger partial charge in [-0.15, -0.1) is 0 Å². The van der Waals surface area contributed by atoms with E-state index < -0.39 is 6.03 Å². The first-order valence-electron chi connectivity index (χ1n) is 12.8. The first kappa shape index (κ1) is 26.7. The third-order valence-corrected chi connectivity index (χ3v) is 6.44. The number of benzene rings is 3. The summed E-state index contributed by atoms with van der Waals surface area (Å²) < 4.78 is 10.8.